The molecule has 1 aromatic rings. The van der Waals surface area contributed by atoms with Gasteiger partial charge in [0.15, 0.2) is 0 Å². The lowest BCUT2D eigenvalue weighted by Crippen LogP contribution is -2.31. The van der Waals surface area contributed by atoms with Crippen molar-refractivity contribution in [3.05, 3.63) is 27.4 Å². The zero-order valence-electron chi connectivity index (χ0n) is 10.8. The summed E-state index contributed by atoms with van der Waals surface area (Å²) in [6.45, 7) is 6.42. The zero-order chi connectivity index (χ0) is 12.5. The van der Waals surface area contributed by atoms with Gasteiger partial charge in [0, 0.05) is 12.2 Å². The molecule has 0 spiro atoms. The van der Waals surface area contributed by atoms with Crippen LogP contribution in [0.2, 0.25) is 0 Å². The number of H-pyrrole nitrogens is 1. The van der Waals surface area contributed by atoms with Gasteiger partial charge in [0.25, 0.3) is 5.56 Å². The Morgan fingerprint density at radius 1 is 1.35 bits per heavy atom. The van der Waals surface area contributed by atoms with Crippen LogP contribution in [0.1, 0.15) is 50.7 Å². The second-order valence-corrected chi connectivity index (χ2v) is 4.99. The number of aromatic amines is 1. The summed E-state index contributed by atoms with van der Waals surface area (Å²) in [4.78, 5) is 19.4. The monoisotopic (exact) mass is 236 g/mol. The van der Waals surface area contributed by atoms with Gasteiger partial charge >= 0.3 is 0 Å². The van der Waals surface area contributed by atoms with E-state index in [0.29, 0.717) is 12.4 Å². The second kappa shape index (κ2) is 4.61. The van der Waals surface area contributed by atoms with E-state index < -0.39 is 5.60 Å². The summed E-state index contributed by atoms with van der Waals surface area (Å²) in [5.41, 5.74) is 1.31. The SMILES string of the molecule is CCOC(C)(C)c1nc2c(c(=O)[nH]1)CCCC2. The molecule has 0 saturated heterocycles. The normalized spacial score (nSPS) is 15.7. The molecule has 0 unspecified atom stereocenters. The van der Waals surface area contributed by atoms with E-state index in [1.807, 2.05) is 20.8 Å². The van der Waals surface area contributed by atoms with Gasteiger partial charge in [0.1, 0.15) is 11.4 Å². The Morgan fingerprint density at radius 2 is 2.06 bits per heavy atom. The summed E-state index contributed by atoms with van der Waals surface area (Å²) in [5.74, 6) is 0.644. The Morgan fingerprint density at radius 3 is 2.76 bits per heavy atom. The number of nitrogens with zero attached hydrogens (tertiary/aromatic N) is 1. The first-order valence-electron chi connectivity index (χ1n) is 6.31. The first-order chi connectivity index (χ1) is 8.04. The van der Waals surface area contributed by atoms with E-state index in [-0.39, 0.29) is 5.56 Å². The summed E-state index contributed by atoms with van der Waals surface area (Å²) in [5, 5.41) is 0. The van der Waals surface area contributed by atoms with E-state index in [2.05, 4.69) is 9.97 Å². The highest BCUT2D eigenvalue weighted by Crippen LogP contribution is 2.23. The molecule has 1 aromatic heterocycles. The first-order valence-corrected chi connectivity index (χ1v) is 6.31. The van der Waals surface area contributed by atoms with Crippen molar-refractivity contribution in [2.45, 2.75) is 52.1 Å². The number of hydrogen-bond acceptors (Lipinski definition) is 3. The van der Waals surface area contributed by atoms with Crippen molar-refractivity contribution >= 4 is 0 Å². The molecule has 1 aliphatic rings. The molecule has 0 atom stereocenters. The minimum absolute atomic E-state index is 0.0116. The Hall–Kier alpha value is -1.16. The smallest absolute Gasteiger partial charge is 0.254 e. The highest BCUT2D eigenvalue weighted by molar-refractivity contribution is 5.21. The standard InChI is InChI=1S/C13H20N2O2/c1-4-17-13(2,3)12-14-10-8-6-5-7-9(10)11(16)15-12/h4-8H2,1-3H3,(H,14,15,16). The van der Waals surface area contributed by atoms with E-state index >= 15 is 0 Å². The highest BCUT2D eigenvalue weighted by Gasteiger charge is 2.26. The van der Waals surface area contributed by atoms with Gasteiger partial charge in [0.2, 0.25) is 0 Å². The van der Waals surface area contributed by atoms with Crippen LogP contribution in [0.15, 0.2) is 4.79 Å². The quantitative estimate of drug-likeness (QED) is 0.872. The van der Waals surface area contributed by atoms with Gasteiger partial charge in [0.05, 0.1) is 5.69 Å². The van der Waals surface area contributed by atoms with Gasteiger partial charge in [-0.1, -0.05) is 0 Å². The van der Waals surface area contributed by atoms with Crippen LogP contribution in [-0.4, -0.2) is 16.6 Å². The van der Waals surface area contributed by atoms with Gasteiger partial charge in [-0.25, -0.2) is 4.98 Å². The lowest BCUT2D eigenvalue weighted by molar-refractivity contribution is -0.0212. The molecule has 0 saturated carbocycles. The topological polar surface area (TPSA) is 55.0 Å². The minimum Gasteiger partial charge on any atom is -0.368 e. The third kappa shape index (κ3) is 2.41. The maximum atomic E-state index is 12.0. The third-order valence-corrected chi connectivity index (χ3v) is 3.27. The summed E-state index contributed by atoms with van der Waals surface area (Å²) in [6, 6.07) is 0. The van der Waals surface area contributed by atoms with Crippen molar-refractivity contribution in [3.63, 3.8) is 0 Å². The molecule has 2 rings (SSSR count). The summed E-state index contributed by atoms with van der Waals surface area (Å²) in [6.07, 6.45) is 3.98. The van der Waals surface area contributed by atoms with Gasteiger partial charge in [-0.15, -0.1) is 0 Å². The van der Waals surface area contributed by atoms with Crippen LogP contribution in [0.3, 0.4) is 0 Å². The Balaban J connectivity index is 2.44. The van der Waals surface area contributed by atoms with Gasteiger partial charge in [-0.3, -0.25) is 4.79 Å². The molecule has 4 heteroatoms. The molecule has 0 radical (unpaired) electrons. The van der Waals surface area contributed by atoms with Crippen molar-refractivity contribution in [1.29, 1.82) is 0 Å². The van der Waals surface area contributed by atoms with E-state index in [4.69, 9.17) is 4.74 Å². The average molecular weight is 236 g/mol. The number of hydrogen-bond donors (Lipinski definition) is 1. The average Bonchev–Trinajstić information content (AvgIpc) is 2.29. The van der Waals surface area contributed by atoms with E-state index in [1.54, 1.807) is 0 Å². The molecule has 94 valence electrons. The summed E-state index contributed by atoms with van der Waals surface area (Å²) < 4.78 is 5.63. The fourth-order valence-electron chi connectivity index (χ4n) is 2.32. The molecular weight excluding hydrogens is 216 g/mol. The molecule has 1 aliphatic carbocycles. The van der Waals surface area contributed by atoms with Crippen molar-refractivity contribution in [3.8, 4) is 0 Å². The Labute approximate surface area is 101 Å². The lowest BCUT2D eigenvalue weighted by Gasteiger charge is -2.25. The molecule has 0 bridgehead atoms. The van der Waals surface area contributed by atoms with Crippen LogP contribution in [0, 0.1) is 0 Å². The van der Waals surface area contributed by atoms with Crippen molar-refractivity contribution in [1.82, 2.24) is 9.97 Å². The van der Waals surface area contributed by atoms with Crippen LogP contribution in [0.5, 0.6) is 0 Å². The van der Waals surface area contributed by atoms with Gasteiger partial charge in [-0.05, 0) is 46.5 Å². The van der Waals surface area contributed by atoms with Crippen molar-refractivity contribution in [2.24, 2.45) is 0 Å². The van der Waals surface area contributed by atoms with Crippen LogP contribution in [0.4, 0.5) is 0 Å². The van der Waals surface area contributed by atoms with Gasteiger partial charge < -0.3 is 9.72 Å². The predicted molar refractivity (Wildman–Crippen MR) is 66.2 cm³/mol. The molecule has 0 aliphatic heterocycles. The summed E-state index contributed by atoms with van der Waals surface area (Å²) in [7, 11) is 0. The first kappa shape index (κ1) is 12.3. The minimum atomic E-state index is -0.527. The molecule has 4 nitrogen and oxygen atoms in total. The van der Waals surface area contributed by atoms with Crippen molar-refractivity contribution < 1.29 is 4.74 Å². The fraction of sp³-hybridized carbons (Fsp3) is 0.692. The predicted octanol–water partition coefficient (Wildman–Crippen LogP) is 1.92. The molecule has 0 fully saturated rings. The van der Waals surface area contributed by atoms with E-state index in [0.717, 1.165) is 36.9 Å². The summed E-state index contributed by atoms with van der Waals surface area (Å²) >= 11 is 0. The number of aromatic nitrogens is 2. The number of rotatable bonds is 3. The lowest BCUT2D eigenvalue weighted by atomic mass is 9.96. The highest BCUT2D eigenvalue weighted by atomic mass is 16.5. The number of nitrogens with one attached hydrogen (secondary N) is 1. The Bertz CT molecular complexity index is 463. The number of fused-ring (bicyclic) bond motifs is 1. The largest absolute Gasteiger partial charge is 0.368 e. The zero-order valence-corrected chi connectivity index (χ0v) is 10.8. The second-order valence-electron chi connectivity index (χ2n) is 4.99. The van der Waals surface area contributed by atoms with E-state index in [9.17, 15) is 4.79 Å². The maximum absolute atomic E-state index is 12.0. The van der Waals surface area contributed by atoms with E-state index in [1.165, 1.54) is 0 Å². The molecule has 1 heterocycles. The van der Waals surface area contributed by atoms with Gasteiger partial charge in [-0.2, -0.15) is 0 Å². The fourth-order valence-corrected chi connectivity index (χ4v) is 2.32. The van der Waals surface area contributed by atoms with Crippen molar-refractivity contribution in [2.75, 3.05) is 6.61 Å². The Kier molecular flexibility index (Phi) is 3.33. The molecule has 1 N–H and O–H groups in total. The number of ether oxygens (including phenoxy) is 1. The third-order valence-electron chi connectivity index (χ3n) is 3.27. The molecule has 0 amide bonds. The number of aryl methyl sites for hydroxylation is 1. The van der Waals surface area contributed by atoms with Crippen LogP contribution in [-0.2, 0) is 23.2 Å². The molecule has 17 heavy (non-hydrogen) atoms. The van der Waals surface area contributed by atoms with Crippen LogP contribution in [0.25, 0.3) is 0 Å². The van der Waals surface area contributed by atoms with Crippen LogP contribution < -0.4 is 5.56 Å². The maximum Gasteiger partial charge on any atom is 0.254 e. The van der Waals surface area contributed by atoms with Crippen LogP contribution >= 0.6 is 0 Å². The molecule has 0 aromatic carbocycles. The molecular formula is C13H20N2O2.